The molecule has 1 unspecified atom stereocenters. The van der Waals surface area contributed by atoms with Gasteiger partial charge in [0.15, 0.2) is 0 Å². The van der Waals surface area contributed by atoms with Crippen molar-refractivity contribution in [2.45, 2.75) is 66.6 Å². The molecule has 0 aliphatic heterocycles. The van der Waals surface area contributed by atoms with E-state index in [1.165, 1.54) is 0 Å². The Hall–Kier alpha value is -2.64. The van der Waals surface area contributed by atoms with Crippen LogP contribution < -0.4 is 20.7 Å². The van der Waals surface area contributed by atoms with Crippen molar-refractivity contribution in [2.75, 3.05) is 30.8 Å². The van der Waals surface area contributed by atoms with Crippen molar-refractivity contribution >= 4 is 23.6 Å². The summed E-state index contributed by atoms with van der Waals surface area (Å²) in [6.07, 6.45) is -0.976. The minimum atomic E-state index is -0.598. The smallest absolute Gasteiger partial charge is 0.412 e. The topological polar surface area (TPSA) is 97.9 Å². The van der Waals surface area contributed by atoms with Gasteiger partial charge in [0, 0.05) is 18.8 Å². The van der Waals surface area contributed by atoms with E-state index in [0.29, 0.717) is 30.4 Å². The van der Waals surface area contributed by atoms with Crippen LogP contribution in [0.2, 0.25) is 0 Å². The first kappa shape index (κ1) is 26.4. The molecule has 0 aliphatic rings. The van der Waals surface area contributed by atoms with Gasteiger partial charge < -0.3 is 24.8 Å². The van der Waals surface area contributed by atoms with Gasteiger partial charge in [-0.2, -0.15) is 0 Å². The molecule has 0 fully saturated rings. The molecule has 0 aliphatic carbocycles. The van der Waals surface area contributed by atoms with E-state index in [1.807, 2.05) is 26.8 Å². The van der Waals surface area contributed by atoms with Gasteiger partial charge in [-0.15, -0.1) is 0 Å². The summed E-state index contributed by atoms with van der Waals surface area (Å²) in [5, 5.41) is 8.94. The molecule has 0 heterocycles. The van der Waals surface area contributed by atoms with Crippen molar-refractivity contribution in [3.8, 4) is 5.75 Å². The highest BCUT2D eigenvalue weighted by Gasteiger charge is 2.20. The van der Waals surface area contributed by atoms with Gasteiger partial charge in [0.2, 0.25) is 0 Å². The Morgan fingerprint density at radius 3 is 2.03 bits per heavy atom. The van der Waals surface area contributed by atoms with Gasteiger partial charge in [-0.05, 0) is 71.6 Å². The highest BCUT2D eigenvalue weighted by molar-refractivity contribution is 5.88. The summed E-state index contributed by atoms with van der Waals surface area (Å²) >= 11 is 0. The summed E-state index contributed by atoms with van der Waals surface area (Å²) in [6, 6.07) is 5.44. The van der Waals surface area contributed by atoms with E-state index >= 15 is 0 Å². The predicted molar refractivity (Wildman–Crippen MR) is 124 cm³/mol. The number of carbonyl (C=O) groups excluding carboxylic acids is 2. The molecule has 1 aromatic rings. The number of anilines is 2. The van der Waals surface area contributed by atoms with E-state index in [-0.39, 0.29) is 5.92 Å². The average Bonchev–Trinajstić information content (AvgIpc) is 2.58. The number of methoxy groups -OCH3 is 1. The first-order valence-corrected chi connectivity index (χ1v) is 10.6. The zero-order chi connectivity index (χ0) is 23.8. The maximum atomic E-state index is 12.1. The van der Waals surface area contributed by atoms with Crippen molar-refractivity contribution in [3.05, 3.63) is 18.2 Å². The quantitative estimate of drug-likeness (QED) is 0.514. The summed E-state index contributed by atoms with van der Waals surface area (Å²) in [4.78, 5) is 24.1. The second-order valence-corrected chi connectivity index (χ2v) is 9.81. The normalized spacial score (nSPS) is 12.7. The summed E-state index contributed by atoms with van der Waals surface area (Å²) in [5.74, 6) is 1.04. The lowest BCUT2D eigenvalue weighted by Gasteiger charge is -2.25. The fraction of sp³-hybridized carbons (Fsp3) is 0.652. The molecule has 176 valence electrons. The summed E-state index contributed by atoms with van der Waals surface area (Å²) < 4.78 is 16.0. The monoisotopic (exact) mass is 437 g/mol. The molecule has 0 saturated heterocycles. The first-order valence-electron chi connectivity index (χ1n) is 10.6. The second kappa shape index (κ2) is 11.1. The highest BCUT2D eigenvalue weighted by Crippen LogP contribution is 2.28. The minimum absolute atomic E-state index is 0.178. The number of rotatable bonds is 8. The third kappa shape index (κ3) is 10.8. The van der Waals surface area contributed by atoms with Crippen molar-refractivity contribution < 1.29 is 23.8 Å². The molecule has 1 aromatic carbocycles. The standard InChI is InChI=1S/C23H39N3O5/c1-15(2)16(14-25-20(27)30-22(3,4)5)13-24-17-10-11-19(29-9)18(12-17)26-21(28)31-23(6,7)8/h10-12,15-16,24H,13-14H2,1-9H3,(H,25,27)(H,26,28). The van der Waals surface area contributed by atoms with Crippen LogP contribution in [0.15, 0.2) is 18.2 Å². The molecule has 0 bridgehead atoms. The predicted octanol–water partition coefficient (Wildman–Crippen LogP) is 5.25. The third-order valence-electron chi connectivity index (χ3n) is 4.25. The van der Waals surface area contributed by atoms with Gasteiger partial charge in [-0.1, -0.05) is 13.8 Å². The van der Waals surface area contributed by atoms with Crippen LogP contribution in [0, 0.1) is 11.8 Å². The molecule has 0 spiro atoms. The largest absolute Gasteiger partial charge is 0.495 e. The summed E-state index contributed by atoms with van der Waals surface area (Å²) in [5.41, 5.74) is 0.194. The molecule has 8 heteroatoms. The van der Waals surface area contributed by atoms with Crippen LogP contribution in [0.3, 0.4) is 0 Å². The fourth-order valence-electron chi connectivity index (χ4n) is 2.65. The van der Waals surface area contributed by atoms with E-state index in [1.54, 1.807) is 40.0 Å². The van der Waals surface area contributed by atoms with Crippen LogP contribution in [0.1, 0.15) is 55.4 Å². The molecule has 0 aromatic heterocycles. The van der Waals surface area contributed by atoms with E-state index < -0.39 is 23.4 Å². The van der Waals surface area contributed by atoms with E-state index in [4.69, 9.17) is 14.2 Å². The Bertz CT molecular complexity index is 736. The average molecular weight is 438 g/mol. The minimum Gasteiger partial charge on any atom is -0.495 e. The number of alkyl carbamates (subject to hydrolysis) is 1. The van der Waals surface area contributed by atoms with Gasteiger partial charge >= 0.3 is 12.2 Å². The molecule has 0 radical (unpaired) electrons. The number of nitrogens with one attached hydrogen (secondary N) is 3. The lowest BCUT2D eigenvalue weighted by Crippen LogP contribution is -2.38. The van der Waals surface area contributed by atoms with Crippen LogP contribution in [-0.2, 0) is 9.47 Å². The molecule has 8 nitrogen and oxygen atoms in total. The fourth-order valence-corrected chi connectivity index (χ4v) is 2.65. The van der Waals surface area contributed by atoms with Gasteiger partial charge in [-0.3, -0.25) is 5.32 Å². The van der Waals surface area contributed by atoms with Gasteiger partial charge in [0.25, 0.3) is 0 Å². The Kier molecular flexibility index (Phi) is 9.46. The van der Waals surface area contributed by atoms with Crippen molar-refractivity contribution in [1.29, 1.82) is 0 Å². The number of carbonyl (C=O) groups is 2. The number of ether oxygens (including phenoxy) is 3. The summed E-state index contributed by atoms with van der Waals surface area (Å²) in [7, 11) is 1.54. The van der Waals surface area contributed by atoms with Gasteiger partial charge in [-0.25, -0.2) is 9.59 Å². The van der Waals surface area contributed by atoms with Crippen molar-refractivity contribution in [1.82, 2.24) is 5.32 Å². The zero-order valence-corrected chi connectivity index (χ0v) is 20.3. The molecule has 0 saturated carbocycles. The molecule has 2 amide bonds. The van der Waals surface area contributed by atoms with Gasteiger partial charge in [0.05, 0.1) is 12.8 Å². The van der Waals surface area contributed by atoms with Crippen LogP contribution >= 0.6 is 0 Å². The Labute approximate surface area is 186 Å². The van der Waals surface area contributed by atoms with Crippen molar-refractivity contribution in [3.63, 3.8) is 0 Å². The Morgan fingerprint density at radius 1 is 0.935 bits per heavy atom. The molecular weight excluding hydrogens is 398 g/mol. The van der Waals surface area contributed by atoms with E-state index in [0.717, 1.165) is 5.69 Å². The van der Waals surface area contributed by atoms with Gasteiger partial charge in [0.1, 0.15) is 17.0 Å². The maximum absolute atomic E-state index is 12.1. The number of benzene rings is 1. The van der Waals surface area contributed by atoms with Crippen LogP contribution in [0.4, 0.5) is 21.0 Å². The van der Waals surface area contributed by atoms with Crippen LogP contribution in [-0.4, -0.2) is 43.6 Å². The molecule has 1 atom stereocenters. The van der Waals surface area contributed by atoms with E-state index in [2.05, 4.69) is 29.8 Å². The summed E-state index contributed by atoms with van der Waals surface area (Å²) in [6.45, 7) is 16.2. The van der Waals surface area contributed by atoms with Crippen molar-refractivity contribution in [2.24, 2.45) is 11.8 Å². The number of hydrogen-bond donors (Lipinski definition) is 3. The Balaban J connectivity index is 2.77. The van der Waals surface area contributed by atoms with E-state index in [9.17, 15) is 9.59 Å². The Morgan fingerprint density at radius 2 is 1.52 bits per heavy atom. The lowest BCUT2D eigenvalue weighted by molar-refractivity contribution is 0.0515. The molecule has 31 heavy (non-hydrogen) atoms. The number of hydrogen-bond acceptors (Lipinski definition) is 6. The third-order valence-corrected chi connectivity index (χ3v) is 4.25. The zero-order valence-electron chi connectivity index (χ0n) is 20.3. The molecular formula is C23H39N3O5. The SMILES string of the molecule is COc1ccc(NCC(CNC(=O)OC(C)(C)C)C(C)C)cc1NC(=O)OC(C)(C)C. The molecule has 1 rings (SSSR count). The second-order valence-electron chi connectivity index (χ2n) is 9.81. The maximum Gasteiger partial charge on any atom is 0.412 e. The van der Waals surface area contributed by atoms with Crippen LogP contribution in [0.25, 0.3) is 0 Å². The first-order chi connectivity index (χ1) is 14.2. The molecule has 3 N–H and O–H groups in total. The number of amides is 2. The highest BCUT2D eigenvalue weighted by atomic mass is 16.6. The van der Waals surface area contributed by atoms with Crippen LogP contribution in [0.5, 0.6) is 5.75 Å². The lowest BCUT2D eigenvalue weighted by atomic mass is 9.95.